The van der Waals surface area contributed by atoms with Crippen LogP contribution in [0.2, 0.25) is 0 Å². The summed E-state index contributed by atoms with van der Waals surface area (Å²) in [5, 5.41) is 17.2. The van der Waals surface area contributed by atoms with Crippen molar-refractivity contribution in [3.8, 4) is 11.3 Å². The summed E-state index contributed by atoms with van der Waals surface area (Å²) in [5.41, 5.74) is 11.6. The smallest absolute Gasteiger partial charge is 0.137 e. The summed E-state index contributed by atoms with van der Waals surface area (Å²) in [4.78, 5) is 9.43. The van der Waals surface area contributed by atoms with Gasteiger partial charge in [-0.15, -0.1) is 0 Å². The molecular formula is C23H21N5O2. The van der Waals surface area contributed by atoms with Crippen molar-refractivity contribution in [3.63, 3.8) is 0 Å². The Morgan fingerprint density at radius 3 is 2.90 bits per heavy atom. The molecule has 1 aliphatic heterocycles. The number of likely N-dealkylation sites (tertiary alicyclic amines) is 1. The highest BCUT2D eigenvalue weighted by Gasteiger charge is 2.26. The van der Waals surface area contributed by atoms with Crippen LogP contribution in [0.15, 0.2) is 70.5 Å². The predicted octanol–water partition coefficient (Wildman–Crippen LogP) is 4.89. The first-order valence-corrected chi connectivity index (χ1v) is 10.0. The molecule has 1 saturated heterocycles. The van der Waals surface area contributed by atoms with Crippen LogP contribution >= 0.6 is 0 Å². The van der Waals surface area contributed by atoms with Gasteiger partial charge in [-0.3, -0.25) is 9.88 Å². The topological polar surface area (TPSA) is 98.3 Å². The molecule has 1 fully saturated rings. The number of furan rings is 1. The average molecular weight is 399 g/mol. The molecule has 0 aliphatic carbocycles. The van der Waals surface area contributed by atoms with Crippen molar-refractivity contribution in [1.29, 1.82) is 0 Å². The van der Waals surface area contributed by atoms with Crippen LogP contribution in [0, 0.1) is 0 Å². The normalized spacial score (nSPS) is 19.8. The van der Waals surface area contributed by atoms with E-state index in [9.17, 15) is 5.11 Å². The van der Waals surface area contributed by atoms with Crippen molar-refractivity contribution in [2.45, 2.75) is 25.1 Å². The Morgan fingerprint density at radius 2 is 2.07 bits per heavy atom. The van der Waals surface area contributed by atoms with Crippen LogP contribution in [0.1, 0.15) is 12.0 Å². The van der Waals surface area contributed by atoms with Gasteiger partial charge in [0.2, 0.25) is 0 Å². The van der Waals surface area contributed by atoms with Gasteiger partial charge in [0.15, 0.2) is 0 Å². The standard InChI is InChI=1S/C23H21N5O2/c24-27-26-20-7-8-28(14-21(20)29)13-15-5-6-17-11-25-12-19(18(17)9-15)23-10-16-3-1-2-4-22(16)30-23/h1-6,9-12,20-21,29H,7-8,13-14H2. The fourth-order valence-electron chi connectivity index (χ4n) is 4.21. The number of hydrogen-bond donors (Lipinski definition) is 1. The number of pyridine rings is 1. The monoisotopic (exact) mass is 399 g/mol. The van der Waals surface area contributed by atoms with Gasteiger partial charge in [-0.2, -0.15) is 0 Å². The van der Waals surface area contributed by atoms with Crippen molar-refractivity contribution in [1.82, 2.24) is 9.88 Å². The number of para-hydroxylation sites is 1. The van der Waals surface area contributed by atoms with Crippen molar-refractivity contribution in [2.24, 2.45) is 5.11 Å². The summed E-state index contributed by atoms with van der Waals surface area (Å²) in [6.45, 7) is 2.00. The van der Waals surface area contributed by atoms with Crippen LogP contribution in [0.3, 0.4) is 0 Å². The minimum Gasteiger partial charge on any atom is -0.456 e. The first-order valence-electron chi connectivity index (χ1n) is 10.0. The number of hydrogen-bond acceptors (Lipinski definition) is 5. The van der Waals surface area contributed by atoms with E-state index in [1.54, 1.807) is 0 Å². The average Bonchev–Trinajstić information content (AvgIpc) is 3.19. The van der Waals surface area contributed by atoms with Gasteiger partial charge in [0.1, 0.15) is 11.3 Å². The van der Waals surface area contributed by atoms with Gasteiger partial charge in [-0.05, 0) is 47.6 Å². The molecule has 0 spiro atoms. The lowest BCUT2D eigenvalue weighted by Crippen LogP contribution is -2.45. The van der Waals surface area contributed by atoms with Crippen molar-refractivity contribution < 1.29 is 9.52 Å². The molecule has 4 aromatic rings. The predicted molar refractivity (Wildman–Crippen MR) is 116 cm³/mol. The fraction of sp³-hybridized carbons (Fsp3) is 0.261. The van der Waals surface area contributed by atoms with E-state index < -0.39 is 6.10 Å². The quantitative estimate of drug-likeness (QED) is 0.300. The number of fused-ring (bicyclic) bond motifs is 2. The van der Waals surface area contributed by atoms with Crippen LogP contribution in [-0.2, 0) is 6.54 Å². The Kier molecular flexibility index (Phi) is 4.85. The van der Waals surface area contributed by atoms with E-state index >= 15 is 0 Å². The largest absolute Gasteiger partial charge is 0.456 e. The molecule has 150 valence electrons. The summed E-state index contributed by atoms with van der Waals surface area (Å²) in [5.74, 6) is 0.803. The van der Waals surface area contributed by atoms with Crippen LogP contribution < -0.4 is 0 Å². The van der Waals surface area contributed by atoms with E-state index in [0.29, 0.717) is 13.0 Å². The van der Waals surface area contributed by atoms with E-state index in [1.807, 2.05) is 36.7 Å². The highest BCUT2D eigenvalue weighted by Crippen LogP contribution is 2.33. The molecule has 3 heterocycles. The Morgan fingerprint density at radius 1 is 1.17 bits per heavy atom. The molecule has 2 aromatic carbocycles. The molecule has 30 heavy (non-hydrogen) atoms. The molecule has 1 aliphatic rings. The summed E-state index contributed by atoms with van der Waals surface area (Å²) in [7, 11) is 0. The number of nitrogens with zero attached hydrogens (tertiary/aromatic N) is 5. The summed E-state index contributed by atoms with van der Waals surface area (Å²) in [6.07, 6.45) is 3.73. The van der Waals surface area contributed by atoms with Crippen molar-refractivity contribution in [2.75, 3.05) is 13.1 Å². The fourth-order valence-corrected chi connectivity index (χ4v) is 4.21. The van der Waals surface area contributed by atoms with E-state index in [4.69, 9.17) is 9.95 Å². The number of azide groups is 1. The Balaban J connectivity index is 1.45. The van der Waals surface area contributed by atoms with Crippen LogP contribution in [0.25, 0.3) is 43.5 Å². The maximum Gasteiger partial charge on any atom is 0.137 e. The van der Waals surface area contributed by atoms with E-state index in [-0.39, 0.29) is 6.04 Å². The minimum atomic E-state index is -0.634. The van der Waals surface area contributed by atoms with Gasteiger partial charge < -0.3 is 9.52 Å². The lowest BCUT2D eigenvalue weighted by Gasteiger charge is -2.33. The SMILES string of the molecule is [N-]=[N+]=NC1CCN(Cc2ccc3cncc(-c4cc5ccccc5o4)c3c2)CC1O. The molecule has 2 atom stereocenters. The lowest BCUT2D eigenvalue weighted by atomic mass is 10.00. The van der Waals surface area contributed by atoms with Gasteiger partial charge in [-0.1, -0.05) is 35.4 Å². The third-order valence-electron chi connectivity index (χ3n) is 5.75. The summed E-state index contributed by atoms with van der Waals surface area (Å²) < 4.78 is 6.08. The zero-order valence-corrected chi connectivity index (χ0v) is 16.3. The van der Waals surface area contributed by atoms with Crippen molar-refractivity contribution in [3.05, 3.63) is 76.9 Å². The second-order valence-electron chi connectivity index (χ2n) is 7.75. The lowest BCUT2D eigenvalue weighted by molar-refractivity contribution is 0.0501. The maximum atomic E-state index is 10.3. The third kappa shape index (κ3) is 3.50. The summed E-state index contributed by atoms with van der Waals surface area (Å²) in [6, 6.07) is 16.0. The van der Waals surface area contributed by atoms with E-state index in [2.05, 4.69) is 44.2 Å². The number of benzene rings is 2. The zero-order chi connectivity index (χ0) is 20.5. The molecular weight excluding hydrogens is 378 g/mol. The Labute approximate surface area is 173 Å². The number of piperidine rings is 1. The molecule has 7 heteroatoms. The molecule has 5 rings (SSSR count). The molecule has 0 radical (unpaired) electrons. The molecule has 2 aromatic heterocycles. The first kappa shape index (κ1) is 18.6. The second-order valence-corrected chi connectivity index (χ2v) is 7.75. The highest BCUT2D eigenvalue weighted by atomic mass is 16.3. The van der Waals surface area contributed by atoms with Gasteiger partial charge in [0.05, 0.1) is 12.1 Å². The zero-order valence-electron chi connectivity index (χ0n) is 16.3. The Bertz CT molecular complexity index is 1230. The second kappa shape index (κ2) is 7.80. The molecule has 2 unspecified atom stereocenters. The number of β-amino-alcohol motifs (C(OH)–C–C–N with tert-alkyl or cyclic N) is 1. The number of rotatable bonds is 4. The minimum absolute atomic E-state index is 0.339. The maximum absolute atomic E-state index is 10.3. The van der Waals surface area contributed by atoms with Crippen LogP contribution in [0.4, 0.5) is 0 Å². The molecule has 7 nitrogen and oxygen atoms in total. The highest BCUT2D eigenvalue weighted by molar-refractivity contribution is 5.97. The van der Waals surface area contributed by atoms with E-state index in [0.717, 1.165) is 51.7 Å². The first-order chi connectivity index (χ1) is 14.7. The molecule has 0 bridgehead atoms. The van der Waals surface area contributed by atoms with Crippen LogP contribution in [0.5, 0.6) is 0 Å². The number of aromatic nitrogens is 1. The molecule has 1 N–H and O–H groups in total. The van der Waals surface area contributed by atoms with E-state index in [1.165, 1.54) is 0 Å². The van der Waals surface area contributed by atoms with Gasteiger partial charge in [-0.25, -0.2) is 0 Å². The number of aliphatic hydroxyl groups excluding tert-OH is 1. The van der Waals surface area contributed by atoms with Crippen LogP contribution in [-0.4, -0.2) is 40.2 Å². The summed E-state index contributed by atoms with van der Waals surface area (Å²) >= 11 is 0. The Hall–Kier alpha value is -3.38. The van der Waals surface area contributed by atoms with Gasteiger partial charge in [0.25, 0.3) is 0 Å². The molecule has 0 saturated carbocycles. The number of aliphatic hydroxyl groups is 1. The van der Waals surface area contributed by atoms with Gasteiger partial charge >= 0.3 is 0 Å². The van der Waals surface area contributed by atoms with Gasteiger partial charge in [0, 0.05) is 46.7 Å². The third-order valence-corrected chi connectivity index (χ3v) is 5.75. The van der Waals surface area contributed by atoms with Crippen molar-refractivity contribution >= 4 is 21.7 Å². The molecule has 0 amide bonds.